The number of ketones is 1. The Hall–Kier alpha value is -1.32. The Balaban J connectivity index is 2.40. The molecule has 0 bridgehead atoms. The molecule has 0 aliphatic heterocycles. The van der Waals surface area contributed by atoms with Gasteiger partial charge in [-0.05, 0) is 37.6 Å². The first-order valence-electron chi connectivity index (χ1n) is 6.45. The third kappa shape index (κ3) is 2.89. The highest BCUT2D eigenvalue weighted by atomic mass is 35.5. The van der Waals surface area contributed by atoms with Crippen LogP contribution in [0.15, 0.2) is 18.2 Å². The highest BCUT2D eigenvalue weighted by Crippen LogP contribution is 2.23. The van der Waals surface area contributed by atoms with E-state index in [0.717, 1.165) is 17.0 Å². The lowest BCUT2D eigenvalue weighted by Gasteiger charge is -2.07. The zero-order chi connectivity index (χ0) is 14.9. The molecule has 0 N–H and O–H groups in total. The fraction of sp³-hybridized carbons (Fsp3) is 0.333. The largest absolute Gasteiger partial charge is 0.294 e. The number of benzene rings is 1. The maximum Gasteiger partial charge on any atom is 0.166 e. The third-order valence-electron chi connectivity index (χ3n) is 3.31. The SMILES string of the molecule is CCC(=O)c1c(C)nn(Cc2cc(Cl)ccc2Cl)c1C. The van der Waals surface area contributed by atoms with Gasteiger partial charge in [0.05, 0.1) is 17.8 Å². The molecular formula is C15H16Cl2N2O. The molecule has 0 atom stereocenters. The quantitative estimate of drug-likeness (QED) is 0.782. The van der Waals surface area contributed by atoms with Gasteiger partial charge < -0.3 is 0 Å². The van der Waals surface area contributed by atoms with Crippen LogP contribution in [0, 0.1) is 13.8 Å². The summed E-state index contributed by atoms with van der Waals surface area (Å²) in [5.41, 5.74) is 3.23. The Labute approximate surface area is 128 Å². The summed E-state index contributed by atoms with van der Waals surface area (Å²) in [6.45, 7) is 6.11. The highest BCUT2D eigenvalue weighted by Gasteiger charge is 2.17. The van der Waals surface area contributed by atoms with Gasteiger partial charge in [0.25, 0.3) is 0 Å². The van der Waals surface area contributed by atoms with E-state index in [4.69, 9.17) is 23.2 Å². The van der Waals surface area contributed by atoms with Crippen LogP contribution >= 0.6 is 23.2 Å². The topological polar surface area (TPSA) is 34.9 Å². The summed E-state index contributed by atoms with van der Waals surface area (Å²) in [5.74, 6) is 0.114. The van der Waals surface area contributed by atoms with Gasteiger partial charge in [0.2, 0.25) is 0 Å². The number of carbonyl (C=O) groups is 1. The molecule has 1 aromatic heterocycles. The molecule has 0 fully saturated rings. The van der Waals surface area contributed by atoms with Gasteiger partial charge in [-0.3, -0.25) is 9.48 Å². The first kappa shape index (κ1) is 15.1. The number of halogens is 2. The number of hydrogen-bond donors (Lipinski definition) is 0. The lowest BCUT2D eigenvalue weighted by Crippen LogP contribution is -2.06. The van der Waals surface area contributed by atoms with Gasteiger partial charge in [0.1, 0.15) is 0 Å². The van der Waals surface area contributed by atoms with Crippen LogP contribution in [0.4, 0.5) is 0 Å². The van der Waals surface area contributed by atoms with Crippen LogP contribution in [0.5, 0.6) is 0 Å². The maximum absolute atomic E-state index is 11.9. The van der Waals surface area contributed by atoms with Crippen molar-refractivity contribution < 1.29 is 4.79 Å². The Bertz CT molecular complexity index is 662. The van der Waals surface area contributed by atoms with Crippen LogP contribution in [-0.4, -0.2) is 15.6 Å². The van der Waals surface area contributed by atoms with Crippen LogP contribution in [0.2, 0.25) is 10.0 Å². The Kier molecular flexibility index (Phi) is 4.51. The molecule has 0 saturated carbocycles. The minimum atomic E-state index is 0.114. The standard InChI is InChI=1S/C15H16Cl2N2O/c1-4-14(20)15-9(2)18-19(10(15)3)8-11-7-12(16)5-6-13(11)17/h5-7H,4,8H2,1-3H3. The molecule has 5 heteroatoms. The summed E-state index contributed by atoms with van der Waals surface area (Å²) in [5, 5.41) is 5.72. The first-order chi connectivity index (χ1) is 9.43. The van der Waals surface area contributed by atoms with Gasteiger partial charge in [0, 0.05) is 22.2 Å². The van der Waals surface area contributed by atoms with Crippen molar-refractivity contribution >= 4 is 29.0 Å². The molecule has 0 saturated heterocycles. The van der Waals surface area contributed by atoms with Crippen LogP contribution in [-0.2, 0) is 6.54 Å². The smallest absolute Gasteiger partial charge is 0.166 e. The Morgan fingerprint density at radius 1 is 1.30 bits per heavy atom. The molecular weight excluding hydrogens is 295 g/mol. The number of Topliss-reactive ketones (excluding diaryl/α,β-unsaturated/α-hetero) is 1. The van der Waals surface area contributed by atoms with Crippen LogP contribution < -0.4 is 0 Å². The monoisotopic (exact) mass is 310 g/mol. The van der Waals surface area contributed by atoms with Gasteiger partial charge in [-0.1, -0.05) is 30.1 Å². The van der Waals surface area contributed by atoms with Crippen LogP contribution in [0.3, 0.4) is 0 Å². The summed E-state index contributed by atoms with van der Waals surface area (Å²) in [4.78, 5) is 11.9. The molecule has 0 aliphatic rings. The molecule has 0 aliphatic carbocycles. The number of nitrogens with zero attached hydrogens (tertiary/aromatic N) is 2. The summed E-state index contributed by atoms with van der Waals surface area (Å²) in [6, 6.07) is 5.34. The van der Waals surface area contributed by atoms with E-state index in [0.29, 0.717) is 28.6 Å². The molecule has 0 amide bonds. The van der Waals surface area contributed by atoms with E-state index in [1.54, 1.807) is 16.8 Å². The van der Waals surface area contributed by atoms with Crippen molar-refractivity contribution in [2.75, 3.05) is 0 Å². The van der Waals surface area contributed by atoms with E-state index in [9.17, 15) is 4.79 Å². The van der Waals surface area contributed by atoms with E-state index in [1.807, 2.05) is 26.8 Å². The predicted octanol–water partition coefficient (Wildman–Crippen LogP) is 4.45. The zero-order valence-electron chi connectivity index (χ0n) is 11.7. The molecule has 1 aromatic carbocycles. The summed E-state index contributed by atoms with van der Waals surface area (Å²) in [6.07, 6.45) is 0.477. The predicted molar refractivity (Wildman–Crippen MR) is 81.9 cm³/mol. The van der Waals surface area contributed by atoms with Crippen molar-refractivity contribution in [1.82, 2.24) is 9.78 Å². The number of aromatic nitrogens is 2. The maximum atomic E-state index is 11.9. The van der Waals surface area contributed by atoms with Crippen molar-refractivity contribution in [2.24, 2.45) is 0 Å². The summed E-state index contributed by atoms with van der Waals surface area (Å²) >= 11 is 12.2. The zero-order valence-corrected chi connectivity index (χ0v) is 13.2. The minimum absolute atomic E-state index is 0.114. The Morgan fingerprint density at radius 2 is 2.00 bits per heavy atom. The van der Waals surface area contributed by atoms with E-state index >= 15 is 0 Å². The van der Waals surface area contributed by atoms with Gasteiger partial charge in [-0.2, -0.15) is 5.10 Å². The molecule has 106 valence electrons. The fourth-order valence-electron chi connectivity index (χ4n) is 2.26. The molecule has 0 spiro atoms. The Morgan fingerprint density at radius 3 is 2.65 bits per heavy atom. The number of carbonyl (C=O) groups excluding carboxylic acids is 1. The second kappa shape index (κ2) is 5.98. The van der Waals surface area contributed by atoms with Crippen molar-refractivity contribution in [1.29, 1.82) is 0 Å². The fourth-order valence-corrected chi connectivity index (χ4v) is 2.63. The van der Waals surface area contributed by atoms with E-state index < -0.39 is 0 Å². The number of aryl methyl sites for hydroxylation is 1. The average Bonchev–Trinajstić information content (AvgIpc) is 2.68. The third-order valence-corrected chi connectivity index (χ3v) is 3.91. The van der Waals surface area contributed by atoms with E-state index in [1.165, 1.54) is 0 Å². The second-order valence-electron chi connectivity index (χ2n) is 4.72. The van der Waals surface area contributed by atoms with Crippen molar-refractivity contribution in [3.8, 4) is 0 Å². The molecule has 0 radical (unpaired) electrons. The lowest BCUT2D eigenvalue weighted by atomic mass is 10.1. The number of rotatable bonds is 4. The lowest BCUT2D eigenvalue weighted by molar-refractivity contribution is 0.0987. The summed E-state index contributed by atoms with van der Waals surface area (Å²) < 4.78 is 1.80. The van der Waals surface area contributed by atoms with Gasteiger partial charge >= 0.3 is 0 Å². The molecule has 2 aromatic rings. The minimum Gasteiger partial charge on any atom is -0.294 e. The first-order valence-corrected chi connectivity index (χ1v) is 7.20. The molecule has 1 heterocycles. The second-order valence-corrected chi connectivity index (χ2v) is 5.56. The molecule has 0 unspecified atom stereocenters. The van der Waals surface area contributed by atoms with Crippen molar-refractivity contribution in [3.63, 3.8) is 0 Å². The van der Waals surface area contributed by atoms with Gasteiger partial charge in [-0.25, -0.2) is 0 Å². The number of hydrogen-bond acceptors (Lipinski definition) is 2. The van der Waals surface area contributed by atoms with Crippen LogP contribution in [0.25, 0.3) is 0 Å². The van der Waals surface area contributed by atoms with Gasteiger partial charge in [0.15, 0.2) is 5.78 Å². The van der Waals surface area contributed by atoms with Crippen LogP contribution in [0.1, 0.15) is 40.7 Å². The molecule has 20 heavy (non-hydrogen) atoms. The highest BCUT2D eigenvalue weighted by molar-refractivity contribution is 6.33. The molecule has 2 rings (SSSR count). The van der Waals surface area contributed by atoms with Gasteiger partial charge in [-0.15, -0.1) is 0 Å². The van der Waals surface area contributed by atoms with E-state index in [2.05, 4.69) is 5.10 Å². The average molecular weight is 311 g/mol. The van der Waals surface area contributed by atoms with Crippen molar-refractivity contribution in [2.45, 2.75) is 33.7 Å². The summed E-state index contributed by atoms with van der Waals surface area (Å²) in [7, 11) is 0. The molecule has 3 nitrogen and oxygen atoms in total. The van der Waals surface area contributed by atoms with Crippen molar-refractivity contribution in [3.05, 3.63) is 50.8 Å². The normalized spacial score (nSPS) is 10.8. The van der Waals surface area contributed by atoms with E-state index in [-0.39, 0.29) is 5.78 Å².